The molecule has 0 aliphatic heterocycles. The van der Waals surface area contributed by atoms with Crippen LogP contribution in [0, 0.1) is 0 Å². The topological polar surface area (TPSA) is 37.8 Å². The molecule has 0 spiro atoms. The minimum Gasteiger partial charge on any atom is -0.304 e. The quantitative estimate of drug-likeness (QED) is 0.903. The van der Waals surface area contributed by atoms with Gasteiger partial charge in [0.25, 0.3) is 0 Å². The summed E-state index contributed by atoms with van der Waals surface area (Å²) in [5.74, 6) is 0.761. The highest BCUT2D eigenvalue weighted by molar-refractivity contribution is 6.30. The molecule has 1 heterocycles. The fourth-order valence-corrected chi connectivity index (χ4v) is 1.91. The Morgan fingerprint density at radius 1 is 1.24 bits per heavy atom. The van der Waals surface area contributed by atoms with E-state index in [-0.39, 0.29) is 6.04 Å². The maximum atomic E-state index is 6.01. The van der Waals surface area contributed by atoms with Gasteiger partial charge in [-0.15, -0.1) is 0 Å². The Labute approximate surface area is 106 Å². The smallest absolute Gasteiger partial charge is 0.149 e. The Morgan fingerprint density at radius 3 is 2.65 bits per heavy atom. The Morgan fingerprint density at radius 2 is 2.00 bits per heavy atom. The van der Waals surface area contributed by atoms with Crippen molar-refractivity contribution in [1.82, 2.24) is 15.3 Å². The van der Waals surface area contributed by atoms with Crippen molar-refractivity contribution in [2.24, 2.45) is 0 Å². The Bertz CT molecular complexity index is 473. The molecule has 0 bridgehead atoms. The predicted molar refractivity (Wildman–Crippen MR) is 69.0 cm³/mol. The summed E-state index contributed by atoms with van der Waals surface area (Å²) in [7, 11) is 0. The maximum Gasteiger partial charge on any atom is 0.149 e. The lowest BCUT2D eigenvalue weighted by Crippen LogP contribution is -2.23. The molecule has 1 atom stereocenters. The van der Waals surface area contributed by atoms with E-state index in [1.807, 2.05) is 30.3 Å². The van der Waals surface area contributed by atoms with E-state index in [9.17, 15) is 0 Å². The molecule has 88 valence electrons. The maximum absolute atomic E-state index is 6.01. The van der Waals surface area contributed by atoms with Crippen LogP contribution in [0.1, 0.15) is 24.4 Å². The lowest BCUT2D eigenvalue weighted by molar-refractivity contribution is 0.597. The number of hydrogen-bond acceptors (Lipinski definition) is 3. The van der Waals surface area contributed by atoms with Crippen molar-refractivity contribution in [3.8, 4) is 0 Å². The monoisotopic (exact) mass is 247 g/mol. The number of benzene rings is 1. The van der Waals surface area contributed by atoms with E-state index >= 15 is 0 Å². The molecule has 4 heteroatoms. The Hall–Kier alpha value is -1.45. The molecule has 0 aliphatic carbocycles. The van der Waals surface area contributed by atoms with Gasteiger partial charge in [0.15, 0.2) is 0 Å². The summed E-state index contributed by atoms with van der Waals surface area (Å²) in [5, 5.41) is 4.08. The van der Waals surface area contributed by atoms with Gasteiger partial charge in [0.1, 0.15) is 5.82 Å². The van der Waals surface area contributed by atoms with Crippen molar-refractivity contribution in [2.75, 3.05) is 6.54 Å². The first kappa shape index (κ1) is 12.0. The van der Waals surface area contributed by atoms with Gasteiger partial charge in [0.05, 0.1) is 6.04 Å². The third kappa shape index (κ3) is 3.02. The molecule has 3 nitrogen and oxygen atoms in total. The Kier molecular flexibility index (Phi) is 4.07. The number of rotatable bonds is 4. The van der Waals surface area contributed by atoms with E-state index in [2.05, 4.69) is 22.2 Å². The second-order valence-electron chi connectivity index (χ2n) is 3.65. The zero-order valence-electron chi connectivity index (χ0n) is 9.60. The molecule has 1 N–H and O–H groups in total. The fraction of sp³-hybridized carbons (Fsp3) is 0.231. The van der Waals surface area contributed by atoms with Crippen LogP contribution in [0.5, 0.6) is 0 Å². The van der Waals surface area contributed by atoms with Crippen LogP contribution in [0.4, 0.5) is 0 Å². The number of halogens is 1. The van der Waals surface area contributed by atoms with Gasteiger partial charge in [-0.2, -0.15) is 0 Å². The van der Waals surface area contributed by atoms with E-state index in [1.54, 1.807) is 12.4 Å². The van der Waals surface area contributed by atoms with Gasteiger partial charge in [0.2, 0.25) is 0 Å². The second-order valence-corrected chi connectivity index (χ2v) is 4.09. The molecule has 0 fully saturated rings. The van der Waals surface area contributed by atoms with Crippen LogP contribution in [0.15, 0.2) is 42.7 Å². The highest BCUT2D eigenvalue weighted by Crippen LogP contribution is 2.21. The summed E-state index contributed by atoms with van der Waals surface area (Å²) in [5.41, 5.74) is 1.07. The fourth-order valence-electron chi connectivity index (χ4n) is 1.71. The molecule has 0 radical (unpaired) electrons. The largest absolute Gasteiger partial charge is 0.304 e. The van der Waals surface area contributed by atoms with Crippen LogP contribution in [0.25, 0.3) is 0 Å². The van der Waals surface area contributed by atoms with Crippen LogP contribution in [0.2, 0.25) is 5.02 Å². The summed E-state index contributed by atoms with van der Waals surface area (Å²) in [6.45, 7) is 2.90. The van der Waals surface area contributed by atoms with Gasteiger partial charge in [-0.3, -0.25) is 0 Å². The third-order valence-corrected chi connectivity index (χ3v) is 2.67. The molecule has 17 heavy (non-hydrogen) atoms. The van der Waals surface area contributed by atoms with Crippen molar-refractivity contribution in [2.45, 2.75) is 13.0 Å². The molecular weight excluding hydrogens is 234 g/mol. The summed E-state index contributed by atoms with van der Waals surface area (Å²) >= 11 is 6.01. The summed E-state index contributed by atoms with van der Waals surface area (Å²) in [6, 6.07) is 9.55. The standard InChI is InChI=1S/C13H14ClN3/c1-2-15-12(13-16-7-4-8-17-13)10-5-3-6-11(14)9-10/h3-9,12,15H,2H2,1H3. The number of nitrogens with one attached hydrogen (secondary N) is 1. The molecule has 0 saturated heterocycles. The van der Waals surface area contributed by atoms with Crippen molar-refractivity contribution in [3.63, 3.8) is 0 Å². The van der Waals surface area contributed by atoms with Crippen LogP contribution >= 0.6 is 11.6 Å². The number of nitrogens with zero attached hydrogens (tertiary/aromatic N) is 2. The van der Waals surface area contributed by atoms with Gasteiger partial charge in [-0.25, -0.2) is 9.97 Å². The molecule has 1 aromatic carbocycles. The second kappa shape index (κ2) is 5.75. The van der Waals surface area contributed by atoms with Gasteiger partial charge in [0, 0.05) is 17.4 Å². The van der Waals surface area contributed by atoms with Crippen LogP contribution < -0.4 is 5.32 Å². The van der Waals surface area contributed by atoms with E-state index < -0.39 is 0 Å². The average Bonchev–Trinajstić information content (AvgIpc) is 2.37. The first-order valence-corrected chi connectivity index (χ1v) is 5.95. The minimum atomic E-state index is -0.0140. The van der Waals surface area contributed by atoms with E-state index in [0.29, 0.717) is 0 Å². The first-order chi connectivity index (χ1) is 8.31. The third-order valence-electron chi connectivity index (χ3n) is 2.43. The lowest BCUT2D eigenvalue weighted by Gasteiger charge is -2.16. The zero-order valence-corrected chi connectivity index (χ0v) is 10.4. The van der Waals surface area contributed by atoms with Gasteiger partial charge in [-0.05, 0) is 30.3 Å². The summed E-state index contributed by atoms with van der Waals surface area (Å²) < 4.78 is 0. The number of aromatic nitrogens is 2. The lowest BCUT2D eigenvalue weighted by atomic mass is 10.1. The van der Waals surface area contributed by atoms with Crippen molar-refractivity contribution in [3.05, 3.63) is 59.1 Å². The molecular formula is C13H14ClN3. The molecule has 2 rings (SSSR count). The summed E-state index contributed by atoms with van der Waals surface area (Å²) in [4.78, 5) is 8.57. The summed E-state index contributed by atoms with van der Waals surface area (Å²) in [6.07, 6.45) is 3.49. The minimum absolute atomic E-state index is 0.0140. The first-order valence-electron chi connectivity index (χ1n) is 5.57. The van der Waals surface area contributed by atoms with Crippen LogP contribution in [0.3, 0.4) is 0 Å². The van der Waals surface area contributed by atoms with Gasteiger partial charge >= 0.3 is 0 Å². The SMILES string of the molecule is CCNC(c1cccc(Cl)c1)c1ncccn1. The highest BCUT2D eigenvalue weighted by atomic mass is 35.5. The average molecular weight is 248 g/mol. The highest BCUT2D eigenvalue weighted by Gasteiger charge is 2.15. The normalized spacial score (nSPS) is 12.4. The molecule has 0 amide bonds. The van der Waals surface area contributed by atoms with E-state index in [1.165, 1.54) is 0 Å². The van der Waals surface area contributed by atoms with Crippen molar-refractivity contribution < 1.29 is 0 Å². The van der Waals surface area contributed by atoms with Crippen LogP contribution in [-0.2, 0) is 0 Å². The molecule has 0 aliphatic rings. The van der Waals surface area contributed by atoms with Gasteiger partial charge in [-0.1, -0.05) is 30.7 Å². The molecule has 0 saturated carbocycles. The Balaban J connectivity index is 2.35. The van der Waals surface area contributed by atoms with Gasteiger partial charge < -0.3 is 5.32 Å². The van der Waals surface area contributed by atoms with E-state index in [4.69, 9.17) is 11.6 Å². The molecule has 1 unspecified atom stereocenters. The predicted octanol–water partition coefficient (Wildman–Crippen LogP) is 2.83. The number of hydrogen-bond donors (Lipinski definition) is 1. The molecule has 1 aromatic heterocycles. The van der Waals surface area contributed by atoms with Crippen molar-refractivity contribution >= 4 is 11.6 Å². The zero-order chi connectivity index (χ0) is 12.1. The molecule has 2 aromatic rings. The van der Waals surface area contributed by atoms with E-state index in [0.717, 1.165) is 23.0 Å². The van der Waals surface area contributed by atoms with Crippen LogP contribution in [-0.4, -0.2) is 16.5 Å². The van der Waals surface area contributed by atoms with Crippen molar-refractivity contribution in [1.29, 1.82) is 0 Å².